The molecule has 2 rings (SSSR count). The van der Waals surface area contributed by atoms with Crippen LogP contribution in [-0.2, 0) is 16.6 Å². The zero-order valence-electron chi connectivity index (χ0n) is 11.7. The number of aromatic nitrogens is 2. The summed E-state index contributed by atoms with van der Waals surface area (Å²) in [5, 5.41) is 0. The van der Waals surface area contributed by atoms with Crippen LogP contribution in [0.4, 0.5) is 0 Å². The molecule has 1 aliphatic heterocycles. The van der Waals surface area contributed by atoms with E-state index in [0.29, 0.717) is 31.6 Å². The van der Waals surface area contributed by atoms with Crippen LogP contribution in [0, 0.1) is 5.92 Å². The van der Waals surface area contributed by atoms with Gasteiger partial charge in [-0.25, -0.2) is 13.4 Å². The van der Waals surface area contributed by atoms with Crippen LogP contribution in [0.5, 0.6) is 0 Å². The molecule has 7 heteroatoms. The zero-order valence-corrected chi connectivity index (χ0v) is 12.5. The summed E-state index contributed by atoms with van der Waals surface area (Å²) in [6, 6.07) is 0.308. The first-order valence-corrected chi connectivity index (χ1v) is 8.11. The summed E-state index contributed by atoms with van der Waals surface area (Å²) < 4.78 is 28.0. The highest BCUT2D eigenvalue weighted by Gasteiger charge is 2.36. The molecule has 1 aromatic heterocycles. The van der Waals surface area contributed by atoms with E-state index in [9.17, 15) is 8.42 Å². The van der Waals surface area contributed by atoms with E-state index in [-0.39, 0.29) is 5.75 Å². The van der Waals surface area contributed by atoms with Crippen LogP contribution in [0.15, 0.2) is 18.7 Å². The Bertz CT molecular complexity index is 498. The normalized spacial score (nSPS) is 25.3. The molecule has 2 atom stereocenters. The molecule has 0 saturated carbocycles. The van der Waals surface area contributed by atoms with Crippen molar-refractivity contribution in [3.8, 4) is 0 Å². The number of hydrogen-bond donors (Lipinski definition) is 0. The molecule has 0 bridgehead atoms. The lowest BCUT2D eigenvalue weighted by atomic mass is 10.1. The van der Waals surface area contributed by atoms with E-state index in [1.807, 2.05) is 14.1 Å². The molecule has 6 nitrogen and oxygen atoms in total. The lowest BCUT2D eigenvalue weighted by molar-refractivity contribution is 0.263. The molecule has 0 aromatic carbocycles. The Morgan fingerprint density at radius 3 is 2.63 bits per heavy atom. The van der Waals surface area contributed by atoms with Gasteiger partial charge < -0.3 is 9.47 Å². The van der Waals surface area contributed by atoms with Gasteiger partial charge in [0.1, 0.15) is 0 Å². The molecule has 2 heterocycles. The molecule has 0 amide bonds. The molecule has 0 aliphatic carbocycles. The van der Waals surface area contributed by atoms with Gasteiger partial charge >= 0.3 is 0 Å². The maximum atomic E-state index is 12.3. The molecule has 0 radical (unpaired) electrons. The molecule has 108 valence electrons. The summed E-state index contributed by atoms with van der Waals surface area (Å²) in [5.41, 5.74) is 0. The van der Waals surface area contributed by atoms with E-state index in [2.05, 4.69) is 16.8 Å². The van der Waals surface area contributed by atoms with Crippen LogP contribution in [0.25, 0.3) is 0 Å². The van der Waals surface area contributed by atoms with E-state index in [1.165, 1.54) is 0 Å². The van der Waals surface area contributed by atoms with Crippen LogP contribution < -0.4 is 0 Å². The predicted octanol–water partition coefficient (Wildman–Crippen LogP) is 0.0948. The van der Waals surface area contributed by atoms with Gasteiger partial charge in [0.05, 0.1) is 12.1 Å². The third-order valence-electron chi connectivity index (χ3n) is 3.76. The van der Waals surface area contributed by atoms with Gasteiger partial charge in [-0.15, -0.1) is 0 Å². The minimum absolute atomic E-state index is 0.135. The van der Waals surface area contributed by atoms with Gasteiger partial charge in [0.25, 0.3) is 0 Å². The van der Waals surface area contributed by atoms with Gasteiger partial charge in [-0.1, -0.05) is 6.92 Å². The van der Waals surface area contributed by atoms with Gasteiger partial charge in [0, 0.05) is 38.1 Å². The summed E-state index contributed by atoms with van der Waals surface area (Å²) in [6.07, 6.45) is 5.09. The Labute approximate surface area is 115 Å². The molecule has 1 fully saturated rings. The third-order valence-corrected chi connectivity index (χ3v) is 5.55. The molecule has 1 aromatic rings. The fraction of sp³-hybridized carbons (Fsp3) is 0.750. The van der Waals surface area contributed by atoms with E-state index in [1.54, 1.807) is 27.6 Å². The molecule has 2 unspecified atom stereocenters. The van der Waals surface area contributed by atoms with E-state index in [4.69, 9.17) is 0 Å². The number of hydrogen-bond acceptors (Lipinski definition) is 4. The minimum atomic E-state index is -3.18. The van der Waals surface area contributed by atoms with Crippen LogP contribution in [-0.4, -0.2) is 66.2 Å². The van der Waals surface area contributed by atoms with Crippen LogP contribution in [0.2, 0.25) is 0 Å². The first kappa shape index (κ1) is 14.5. The first-order chi connectivity index (χ1) is 8.90. The van der Waals surface area contributed by atoms with Crippen molar-refractivity contribution in [3.05, 3.63) is 18.7 Å². The van der Waals surface area contributed by atoms with Gasteiger partial charge in [0.15, 0.2) is 0 Å². The van der Waals surface area contributed by atoms with Crippen molar-refractivity contribution in [1.82, 2.24) is 18.8 Å². The third kappa shape index (κ3) is 3.34. The Kier molecular flexibility index (Phi) is 4.27. The molecule has 1 aliphatic rings. The van der Waals surface area contributed by atoms with Gasteiger partial charge in [-0.3, -0.25) is 0 Å². The molecular formula is C12H22N4O2S. The molecule has 0 spiro atoms. The van der Waals surface area contributed by atoms with E-state index < -0.39 is 10.0 Å². The number of imidazole rings is 1. The zero-order chi connectivity index (χ0) is 14.0. The fourth-order valence-electron chi connectivity index (χ4n) is 2.57. The van der Waals surface area contributed by atoms with Crippen LogP contribution in [0.1, 0.15) is 6.92 Å². The molecule has 0 N–H and O–H groups in total. The Hall–Kier alpha value is -0.920. The van der Waals surface area contributed by atoms with Crippen molar-refractivity contribution >= 4 is 10.0 Å². The summed E-state index contributed by atoms with van der Waals surface area (Å²) in [7, 11) is 0.828. The second-order valence-electron chi connectivity index (χ2n) is 5.44. The average molecular weight is 286 g/mol. The lowest BCUT2D eigenvalue weighted by Gasteiger charge is -2.22. The van der Waals surface area contributed by atoms with Gasteiger partial charge in [0.2, 0.25) is 10.0 Å². The quantitative estimate of drug-likeness (QED) is 0.770. The van der Waals surface area contributed by atoms with Crippen molar-refractivity contribution in [2.24, 2.45) is 5.92 Å². The van der Waals surface area contributed by atoms with Gasteiger partial charge in [-0.2, -0.15) is 4.31 Å². The van der Waals surface area contributed by atoms with E-state index in [0.717, 1.165) is 0 Å². The topological polar surface area (TPSA) is 58.4 Å². The number of nitrogens with zero attached hydrogens (tertiary/aromatic N) is 4. The summed E-state index contributed by atoms with van der Waals surface area (Å²) >= 11 is 0. The van der Waals surface area contributed by atoms with Crippen molar-refractivity contribution in [2.75, 3.05) is 32.9 Å². The summed E-state index contributed by atoms with van der Waals surface area (Å²) in [5.74, 6) is 0.508. The van der Waals surface area contributed by atoms with Crippen LogP contribution >= 0.6 is 0 Å². The number of rotatable bonds is 5. The highest BCUT2D eigenvalue weighted by atomic mass is 32.2. The lowest BCUT2D eigenvalue weighted by Crippen LogP contribution is -2.37. The van der Waals surface area contributed by atoms with Crippen molar-refractivity contribution < 1.29 is 8.42 Å². The second kappa shape index (κ2) is 5.60. The Morgan fingerprint density at radius 1 is 1.37 bits per heavy atom. The monoisotopic (exact) mass is 286 g/mol. The van der Waals surface area contributed by atoms with Crippen molar-refractivity contribution in [1.29, 1.82) is 0 Å². The highest BCUT2D eigenvalue weighted by Crippen LogP contribution is 2.22. The molecule has 19 heavy (non-hydrogen) atoms. The highest BCUT2D eigenvalue weighted by molar-refractivity contribution is 7.89. The predicted molar refractivity (Wildman–Crippen MR) is 74.2 cm³/mol. The van der Waals surface area contributed by atoms with Crippen LogP contribution in [0.3, 0.4) is 0 Å². The largest absolute Gasteiger partial charge is 0.336 e. The number of aryl methyl sites for hydroxylation is 1. The average Bonchev–Trinajstić information content (AvgIpc) is 2.95. The molecule has 1 saturated heterocycles. The minimum Gasteiger partial charge on any atom is -0.336 e. The maximum Gasteiger partial charge on any atom is 0.215 e. The standard InChI is InChI=1S/C12H22N4O2S/c1-11-8-16(9-12(11)14(2)3)19(17,18)7-6-15-5-4-13-10-15/h4-5,10-12H,6-9H2,1-3H3. The Balaban J connectivity index is 1.97. The van der Waals surface area contributed by atoms with Crippen molar-refractivity contribution in [2.45, 2.75) is 19.5 Å². The van der Waals surface area contributed by atoms with E-state index >= 15 is 0 Å². The van der Waals surface area contributed by atoms with Gasteiger partial charge in [-0.05, 0) is 20.0 Å². The first-order valence-electron chi connectivity index (χ1n) is 6.50. The summed E-state index contributed by atoms with van der Waals surface area (Å²) in [4.78, 5) is 6.02. The maximum absolute atomic E-state index is 12.3. The smallest absolute Gasteiger partial charge is 0.215 e. The van der Waals surface area contributed by atoms with Crippen molar-refractivity contribution in [3.63, 3.8) is 0 Å². The molecular weight excluding hydrogens is 264 g/mol. The fourth-order valence-corrected chi connectivity index (χ4v) is 4.12. The number of sulfonamides is 1. The Morgan fingerprint density at radius 2 is 2.11 bits per heavy atom. The number of likely N-dealkylation sites (N-methyl/N-ethyl adjacent to an activating group) is 1. The second-order valence-corrected chi connectivity index (χ2v) is 7.53. The summed E-state index contributed by atoms with van der Waals surface area (Å²) in [6.45, 7) is 3.78. The SMILES string of the molecule is CC1CN(S(=O)(=O)CCn2ccnc2)CC1N(C)C.